The predicted octanol–water partition coefficient (Wildman–Crippen LogP) is 8.27. The molecule has 0 amide bonds. The summed E-state index contributed by atoms with van der Waals surface area (Å²) in [5.74, 6) is -1.90. The molecule has 0 atom stereocenters. The summed E-state index contributed by atoms with van der Waals surface area (Å²) in [5, 5.41) is 1.21. The normalized spacial score (nSPS) is 11.1. The lowest BCUT2D eigenvalue weighted by Gasteiger charge is -2.12. The Kier molecular flexibility index (Phi) is 5.94. The number of hydrogen-bond acceptors (Lipinski definition) is 0. The van der Waals surface area contributed by atoms with Crippen molar-refractivity contribution in [2.24, 2.45) is 0 Å². The number of allylic oxidation sites excluding steroid dienone is 1. The fourth-order valence-corrected chi connectivity index (χ4v) is 3.90. The third kappa shape index (κ3) is 4.13. The van der Waals surface area contributed by atoms with Gasteiger partial charge in [0.25, 0.3) is 0 Å². The number of hydrogen-bond donors (Lipinski definition) is 0. The van der Waals surface area contributed by atoms with Crippen LogP contribution in [0.4, 0.5) is 13.2 Å². The van der Waals surface area contributed by atoms with Gasteiger partial charge in [-0.25, -0.2) is 13.2 Å². The minimum atomic E-state index is -0.713. The van der Waals surface area contributed by atoms with Crippen molar-refractivity contribution >= 4 is 10.8 Å². The van der Waals surface area contributed by atoms with Gasteiger partial charge >= 0.3 is 0 Å². The molecule has 0 N–H and O–H groups in total. The summed E-state index contributed by atoms with van der Waals surface area (Å²) in [5.41, 5.74) is 2.89. The van der Waals surface area contributed by atoms with Gasteiger partial charge in [0.05, 0.1) is 5.56 Å². The third-order valence-corrected chi connectivity index (χ3v) is 5.66. The SMILES string of the molecule is C=CCCc1ccc(-c2c(F)cc(-c3ccc4cc(CC)ccc4c3F)cc2F)cc1. The van der Waals surface area contributed by atoms with Crippen LogP contribution in [0.1, 0.15) is 24.5 Å². The molecule has 0 nitrogen and oxygen atoms in total. The topological polar surface area (TPSA) is 0 Å². The highest BCUT2D eigenvalue weighted by Gasteiger charge is 2.17. The Morgan fingerprint density at radius 2 is 1.45 bits per heavy atom. The third-order valence-electron chi connectivity index (χ3n) is 5.66. The molecule has 0 aliphatic rings. The van der Waals surface area contributed by atoms with E-state index in [1.54, 1.807) is 30.3 Å². The maximum atomic E-state index is 15.2. The summed E-state index contributed by atoms with van der Waals surface area (Å²) in [6.07, 6.45) is 4.36. The van der Waals surface area contributed by atoms with Crippen LogP contribution in [0, 0.1) is 17.5 Å². The average Bonchev–Trinajstić information content (AvgIpc) is 2.78. The van der Waals surface area contributed by atoms with Crippen molar-refractivity contribution in [3.8, 4) is 22.3 Å². The van der Waals surface area contributed by atoms with Crippen LogP contribution in [0.25, 0.3) is 33.0 Å². The lowest BCUT2D eigenvalue weighted by Crippen LogP contribution is -1.95. The van der Waals surface area contributed by atoms with E-state index in [1.807, 2.05) is 37.3 Å². The number of benzene rings is 4. The van der Waals surface area contributed by atoms with E-state index in [0.717, 1.165) is 35.8 Å². The summed E-state index contributed by atoms with van der Waals surface area (Å²) < 4.78 is 45.1. The molecule has 0 spiro atoms. The molecule has 0 heterocycles. The molecule has 0 unspecified atom stereocenters. The molecule has 0 fully saturated rings. The molecule has 0 saturated heterocycles. The Hall–Kier alpha value is -3.33. The second-order valence-corrected chi connectivity index (χ2v) is 7.68. The molecule has 3 heteroatoms. The monoisotopic (exact) mass is 416 g/mol. The molecule has 0 aliphatic heterocycles. The Labute approximate surface area is 180 Å². The van der Waals surface area contributed by atoms with Crippen molar-refractivity contribution in [3.05, 3.63) is 108 Å². The molecule has 4 aromatic carbocycles. The first-order chi connectivity index (χ1) is 15.0. The highest BCUT2D eigenvalue weighted by Crippen LogP contribution is 2.34. The highest BCUT2D eigenvalue weighted by atomic mass is 19.1. The van der Waals surface area contributed by atoms with Crippen molar-refractivity contribution in [3.63, 3.8) is 0 Å². The maximum absolute atomic E-state index is 15.2. The molecule has 4 rings (SSSR count). The quantitative estimate of drug-likeness (QED) is 0.277. The Morgan fingerprint density at radius 1 is 0.774 bits per heavy atom. The van der Waals surface area contributed by atoms with Gasteiger partial charge < -0.3 is 0 Å². The van der Waals surface area contributed by atoms with Gasteiger partial charge in [0.15, 0.2) is 0 Å². The summed E-state index contributed by atoms with van der Waals surface area (Å²) in [6.45, 7) is 5.74. The van der Waals surface area contributed by atoms with Crippen molar-refractivity contribution in [2.75, 3.05) is 0 Å². The minimum Gasteiger partial charge on any atom is -0.206 e. The number of aryl methyl sites for hydroxylation is 2. The zero-order chi connectivity index (χ0) is 22.0. The molecular formula is C28H23F3. The van der Waals surface area contributed by atoms with Gasteiger partial charge in [0.2, 0.25) is 0 Å². The first-order valence-electron chi connectivity index (χ1n) is 10.4. The molecule has 0 bridgehead atoms. The zero-order valence-corrected chi connectivity index (χ0v) is 17.4. The molecule has 4 aromatic rings. The summed E-state index contributed by atoms with van der Waals surface area (Å²) in [7, 11) is 0. The standard InChI is InChI=1S/C28H23F3/c1-3-5-6-19-7-10-20(11-8-19)27-25(29)16-22(17-26(27)30)24-14-12-21-15-18(4-2)9-13-23(21)28(24)31/h3,7-17H,1,4-6H2,2H3. The first kappa shape index (κ1) is 20.9. The molecule has 0 aliphatic carbocycles. The van der Waals surface area contributed by atoms with Crippen LogP contribution in [0.2, 0.25) is 0 Å². The number of fused-ring (bicyclic) bond motifs is 1. The fourth-order valence-electron chi connectivity index (χ4n) is 3.90. The van der Waals surface area contributed by atoms with Gasteiger partial charge in [-0.15, -0.1) is 6.58 Å². The van der Waals surface area contributed by atoms with E-state index in [2.05, 4.69) is 6.58 Å². The van der Waals surface area contributed by atoms with E-state index in [9.17, 15) is 8.78 Å². The van der Waals surface area contributed by atoms with E-state index in [0.29, 0.717) is 10.9 Å². The van der Waals surface area contributed by atoms with E-state index in [4.69, 9.17) is 0 Å². The lowest BCUT2D eigenvalue weighted by molar-refractivity contribution is 0.590. The second kappa shape index (κ2) is 8.81. The van der Waals surface area contributed by atoms with Gasteiger partial charge in [0.1, 0.15) is 17.5 Å². The molecule has 0 saturated carbocycles. The van der Waals surface area contributed by atoms with Crippen LogP contribution in [-0.2, 0) is 12.8 Å². The molecular weight excluding hydrogens is 393 g/mol. The largest absolute Gasteiger partial charge is 0.206 e. The average molecular weight is 416 g/mol. The van der Waals surface area contributed by atoms with E-state index < -0.39 is 17.5 Å². The van der Waals surface area contributed by atoms with Crippen molar-refractivity contribution in [1.82, 2.24) is 0 Å². The van der Waals surface area contributed by atoms with E-state index >= 15 is 4.39 Å². The second-order valence-electron chi connectivity index (χ2n) is 7.68. The smallest absolute Gasteiger partial charge is 0.138 e. The molecule has 156 valence electrons. The van der Waals surface area contributed by atoms with Crippen LogP contribution in [0.15, 0.2) is 79.4 Å². The molecule has 31 heavy (non-hydrogen) atoms. The van der Waals surface area contributed by atoms with Crippen molar-refractivity contribution in [1.29, 1.82) is 0 Å². The first-order valence-corrected chi connectivity index (χ1v) is 10.4. The summed E-state index contributed by atoms with van der Waals surface area (Å²) >= 11 is 0. The summed E-state index contributed by atoms with van der Waals surface area (Å²) in [6, 6.07) is 18.5. The van der Waals surface area contributed by atoms with Crippen LogP contribution in [0.5, 0.6) is 0 Å². The van der Waals surface area contributed by atoms with Crippen molar-refractivity contribution in [2.45, 2.75) is 26.2 Å². The van der Waals surface area contributed by atoms with Crippen molar-refractivity contribution < 1.29 is 13.2 Å². The van der Waals surface area contributed by atoms with Gasteiger partial charge in [0, 0.05) is 10.9 Å². The van der Waals surface area contributed by atoms with Gasteiger partial charge in [-0.3, -0.25) is 0 Å². The van der Waals surface area contributed by atoms with Crippen LogP contribution in [0.3, 0.4) is 0 Å². The summed E-state index contributed by atoms with van der Waals surface area (Å²) in [4.78, 5) is 0. The zero-order valence-electron chi connectivity index (χ0n) is 17.4. The van der Waals surface area contributed by atoms with Crippen LogP contribution >= 0.6 is 0 Å². The van der Waals surface area contributed by atoms with Gasteiger partial charge in [-0.05, 0) is 59.0 Å². The van der Waals surface area contributed by atoms with E-state index in [-0.39, 0.29) is 16.7 Å². The van der Waals surface area contributed by atoms with Crippen LogP contribution in [-0.4, -0.2) is 0 Å². The highest BCUT2D eigenvalue weighted by molar-refractivity contribution is 5.89. The minimum absolute atomic E-state index is 0.104. The predicted molar refractivity (Wildman–Crippen MR) is 123 cm³/mol. The molecule has 0 aromatic heterocycles. The molecule has 0 radical (unpaired) electrons. The lowest BCUT2D eigenvalue weighted by atomic mass is 9.95. The van der Waals surface area contributed by atoms with Gasteiger partial charge in [-0.1, -0.05) is 67.6 Å². The van der Waals surface area contributed by atoms with Crippen LogP contribution < -0.4 is 0 Å². The Balaban J connectivity index is 1.73. The maximum Gasteiger partial charge on any atom is 0.138 e. The Morgan fingerprint density at radius 3 is 2.10 bits per heavy atom. The Bertz CT molecular complexity index is 1230. The number of halogens is 3. The number of rotatable bonds is 6. The fraction of sp³-hybridized carbons (Fsp3) is 0.143. The van der Waals surface area contributed by atoms with E-state index in [1.165, 1.54) is 12.1 Å². The van der Waals surface area contributed by atoms with Gasteiger partial charge in [-0.2, -0.15) is 0 Å².